The van der Waals surface area contributed by atoms with Gasteiger partial charge in [0, 0.05) is 0 Å². The number of hydrogen-bond donors (Lipinski definition) is 2. The van der Waals surface area contributed by atoms with Crippen LogP contribution >= 0.6 is 0 Å². The second kappa shape index (κ2) is 15.9. The number of hydrogen-bond acceptors (Lipinski definition) is 2. The molecule has 0 heterocycles. The fourth-order valence-electron chi connectivity index (χ4n) is 4.40. The first kappa shape index (κ1) is 27.2. The van der Waals surface area contributed by atoms with Crippen molar-refractivity contribution in [2.75, 3.05) is 0 Å². The minimum absolute atomic E-state index is 0.382. The first-order valence-electron chi connectivity index (χ1n) is 12.1. The van der Waals surface area contributed by atoms with Crippen LogP contribution in [0.2, 0.25) is 17.7 Å². The third kappa shape index (κ3) is 10.5. The van der Waals surface area contributed by atoms with Crippen LogP contribution in [0.3, 0.4) is 0 Å². The Hall–Kier alpha value is -0.811. The van der Waals surface area contributed by atoms with E-state index in [4.69, 9.17) is 0 Å². The molecule has 0 aliphatic heterocycles. The van der Waals surface area contributed by atoms with Crippen LogP contribution < -0.4 is 0 Å². The molecule has 170 valence electrons. The van der Waals surface area contributed by atoms with Crippen molar-refractivity contribution in [1.29, 1.82) is 0 Å². The Morgan fingerprint density at radius 2 is 1.47 bits per heavy atom. The van der Waals surface area contributed by atoms with Crippen LogP contribution in [0.4, 0.5) is 0 Å². The second-order valence-corrected chi connectivity index (χ2v) is 23.2. The van der Waals surface area contributed by atoms with Gasteiger partial charge in [0.25, 0.3) is 0 Å². The quantitative estimate of drug-likeness (QED) is 0.210. The van der Waals surface area contributed by atoms with Gasteiger partial charge in [-0.15, -0.1) is 0 Å². The van der Waals surface area contributed by atoms with Crippen LogP contribution in [0.1, 0.15) is 77.7 Å². The van der Waals surface area contributed by atoms with Crippen LogP contribution in [0.15, 0.2) is 36.4 Å². The predicted molar refractivity (Wildman–Crippen MR) is 132 cm³/mol. The summed E-state index contributed by atoms with van der Waals surface area (Å²) in [5.74, 6) is -1.59. The molecule has 3 nitrogen and oxygen atoms in total. The van der Waals surface area contributed by atoms with E-state index in [9.17, 15) is 15.0 Å². The van der Waals surface area contributed by atoms with E-state index in [-0.39, 0.29) is 0 Å². The Morgan fingerprint density at radius 3 is 1.93 bits per heavy atom. The van der Waals surface area contributed by atoms with Gasteiger partial charge in [0.05, 0.1) is 0 Å². The normalized spacial score (nSPS) is 14.1. The average Bonchev–Trinajstić information content (AvgIpc) is 2.76. The molecule has 30 heavy (non-hydrogen) atoms. The van der Waals surface area contributed by atoms with Gasteiger partial charge < -0.3 is 0 Å². The topological polar surface area (TPSA) is 57.5 Å². The Kier molecular flexibility index (Phi) is 14.4. The fourth-order valence-corrected chi connectivity index (χ4v) is 20.7. The van der Waals surface area contributed by atoms with Crippen LogP contribution in [0, 0.1) is 5.92 Å². The Balaban J connectivity index is 2.78. The van der Waals surface area contributed by atoms with Crippen molar-refractivity contribution in [3.05, 3.63) is 42.0 Å². The summed E-state index contributed by atoms with van der Waals surface area (Å²) in [7, 11) is 0. The number of allylic oxidation sites excluding steroid dienone is 1. The number of carboxylic acids is 1. The van der Waals surface area contributed by atoms with Crippen molar-refractivity contribution in [1.82, 2.24) is 0 Å². The van der Waals surface area contributed by atoms with Crippen LogP contribution in [0.5, 0.6) is 0 Å². The van der Waals surface area contributed by atoms with Crippen molar-refractivity contribution in [3.63, 3.8) is 0 Å². The first-order chi connectivity index (χ1) is 14.5. The maximum atomic E-state index is 11.8. The summed E-state index contributed by atoms with van der Waals surface area (Å²) in [6.07, 6.45) is 11.8. The van der Waals surface area contributed by atoms with Gasteiger partial charge in [0.2, 0.25) is 0 Å². The standard InChI is InChI=1S/C14H17O3.3C4H9.Sn/c1-2-13(15)12(14(16)17)10-6-9-11-7-4-3-5-8-11;3*1-3-4-2;/h3-9,12-13,15H,1-2,10H2,(H,16,17);3*1,3-4H2,2H3;/b9-6+;;;;. The molecule has 1 aromatic rings. The molecule has 0 saturated heterocycles. The molecule has 4 heteroatoms. The fraction of sp³-hybridized carbons (Fsp3) is 0.654. The average molecular weight is 523 g/mol. The minimum atomic E-state index is -2.33. The molecule has 0 aromatic heterocycles. The number of rotatable bonds is 17. The van der Waals surface area contributed by atoms with Crippen molar-refractivity contribution < 1.29 is 15.0 Å². The molecule has 0 spiro atoms. The van der Waals surface area contributed by atoms with Crippen molar-refractivity contribution in [2.24, 2.45) is 5.92 Å². The number of benzene rings is 1. The molecule has 2 N–H and O–H groups in total. The number of aliphatic hydroxyl groups excluding tert-OH is 1. The molecule has 2 unspecified atom stereocenters. The van der Waals surface area contributed by atoms with Gasteiger partial charge in [0.15, 0.2) is 0 Å². The summed E-state index contributed by atoms with van der Waals surface area (Å²) in [6, 6.07) is 9.91. The van der Waals surface area contributed by atoms with E-state index in [0.29, 0.717) is 12.8 Å². The number of carbonyl (C=O) groups is 1. The molecule has 0 saturated carbocycles. The molecule has 2 atom stereocenters. The van der Waals surface area contributed by atoms with E-state index >= 15 is 0 Å². The summed E-state index contributed by atoms with van der Waals surface area (Å²) in [4.78, 5) is 11.8. The molecule has 0 aliphatic carbocycles. The predicted octanol–water partition coefficient (Wildman–Crippen LogP) is 7.39. The SMILES string of the molecule is CCC[CH2][Sn]([CH2]CCC)([CH2]CCC)[CH2]CC(O)C(C/C=C/c1ccccc1)C(=O)O. The third-order valence-corrected chi connectivity index (χ3v) is 22.4. The Morgan fingerprint density at radius 1 is 0.933 bits per heavy atom. The van der Waals surface area contributed by atoms with E-state index in [1.54, 1.807) is 0 Å². The molecule has 1 rings (SSSR count). The zero-order chi connectivity index (χ0) is 22.2. The van der Waals surface area contributed by atoms with Gasteiger partial charge in [-0.25, -0.2) is 0 Å². The maximum absolute atomic E-state index is 11.8. The summed E-state index contributed by atoms with van der Waals surface area (Å²) in [5, 5.41) is 20.6. The Labute approximate surface area is 188 Å². The van der Waals surface area contributed by atoms with E-state index < -0.39 is 36.4 Å². The summed E-state index contributed by atoms with van der Waals surface area (Å²) in [6.45, 7) is 6.81. The van der Waals surface area contributed by atoms with Gasteiger partial charge >= 0.3 is 189 Å². The number of aliphatic hydroxyl groups is 1. The molecule has 1 aromatic carbocycles. The zero-order valence-corrected chi connectivity index (χ0v) is 22.3. The summed E-state index contributed by atoms with van der Waals surface area (Å²) >= 11 is -2.33. The van der Waals surface area contributed by atoms with Crippen molar-refractivity contribution >= 4 is 30.4 Å². The van der Waals surface area contributed by atoms with Crippen molar-refractivity contribution in [2.45, 2.75) is 96.0 Å². The third-order valence-electron chi connectivity index (χ3n) is 6.43. The molecule has 0 fully saturated rings. The molecular weight excluding hydrogens is 479 g/mol. The van der Waals surface area contributed by atoms with E-state index in [0.717, 1.165) is 10.0 Å². The van der Waals surface area contributed by atoms with Gasteiger partial charge in [-0.3, -0.25) is 0 Å². The monoisotopic (exact) mass is 524 g/mol. The first-order valence-corrected chi connectivity index (χ1v) is 20.2. The number of unbranched alkanes of at least 4 members (excludes halogenated alkanes) is 3. The van der Waals surface area contributed by atoms with Crippen LogP contribution in [0.25, 0.3) is 6.08 Å². The van der Waals surface area contributed by atoms with E-state index in [1.807, 2.05) is 42.5 Å². The van der Waals surface area contributed by atoms with Crippen LogP contribution in [-0.2, 0) is 4.79 Å². The van der Waals surface area contributed by atoms with Crippen molar-refractivity contribution in [3.8, 4) is 0 Å². The summed E-state index contributed by atoms with van der Waals surface area (Å²) < 4.78 is 5.36. The van der Waals surface area contributed by atoms with Crippen LogP contribution in [-0.4, -0.2) is 40.7 Å². The van der Waals surface area contributed by atoms with Gasteiger partial charge in [-0.05, 0) is 0 Å². The number of carboxylic acid groups (broad SMARTS) is 1. The number of aliphatic carboxylic acids is 1. The molecule has 0 radical (unpaired) electrons. The van der Waals surface area contributed by atoms with E-state index in [1.165, 1.54) is 51.8 Å². The Bertz CT molecular complexity index is 578. The van der Waals surface area contributed by atoms with Gasteiger partial charge in [-0.1, -0.05) is 0 Å². The summed E-state index contributed by atoms with van der Waals surface area (Å²) in [5.41, 5.74) is 1.06. The molecule has 0 bridgehead atoms. The second-order valence-electron chi connectivity index (χ2n) is 8.91. The molecule has 0 aliphatic rings. The van der Waals surface area contributed by atoms with Gasteiger partial charge in [0.1, 0.15) is 0 Å². The molecule has 0 amide bonds. The van der Waals surface area contributed by atoms with E-state index in [2.05, 4.69) is 20.8 Å². The molecular formula is C26H44O3Sn. The zero-order valence-electron chi connectivity index (χ0n) is 19.5. The van der Waals surface area contributed by atoms with Gasteiger partial charge in [-0.2, -0.15) is 0 Å².